The first-order valence-corrected chi connectivity index (χ1v) is 7.69. The summed E-state index contributed by atoms with van der Waals surface area (Å²) in [4.78, 5) is 8.32. The van der Waals surface area contributed by atoms with E-state index in [1.165, 1.54) is 12.3 Å². The molecule has 1 heterocycles. The Morgan fingerprint density at radius 2 is 1.84 bits per heavy atom. The molecule has 0 fully saturated rings. The molecule has 0 saturated heterocycles. The molecule has 0 aliphatic carbocycles. The highest BCUT2D eigenvalue weighted by Gasteiger charge is 2.08. The molecule has 2 N–H and O–H groups in total. The molecule has 0 radical (unpaired) electrons. The Kier molecular flexibility index (Phi) is 5.03. The standard InChI is InChI=1S/C18H16F2N4O/c1-2-25-16-6-4-3-5-15(16)22-17-9-10-21-18(24-17)23-14-8-7-12(19)11-13(14)20/h3-11H,2H2,1H3,(H2,21,22,23,24). The number of aromatic nitrogens is 2. The maximum absolute atomic E-state index is 13.7. The molecule has 2 aromatic carbocycles. The van der Waals surface area contributed by atoms with E-state index in [0.29, 0.717) is 18.2 Å². The number of hydrogen-bond acceptors (Lipinski definition) is 5. The maximum Gasteiger partial charge on any atom is 0.229 e. The van der Waals surface area contributed by atoms with Gasteiger partial charge in [-0.15, -0.1) is 0 Å². The predicted octanol–water partition coefficient (Wildman–Crippen LogP) is 4.64. The van der Waals surface area contributed by atoms with Gasteiger partial charge in [0.15, 0.2) is 0 Å². The smallest absolute Gasteiger partial charge is 0.229 e. The van der Waals surface area contributed by atoms with Crippen LogP contribution in [-0.2, 0) is 0 Å². The Hall–Kier alpha value is -3.22. The Labute approximate surface area is 143 Å². The van der Waals surface area contributed by atoms with E-state index >= 15 is 0 Å². The van der Waals surface area contributed by atoms with E-state index in [2.05, 4.69) is 20.6 Å². The number of hydrogen-bond donors (Lipinski definition) is 2. The number of rotatable bonds is 6. The second-order valence-corrected chi connectivity index (χ2v) is 5.07. The van der Waals surface area contributed by atoms with Gasteiger partial charge in [-0.3, -0.25) is 0 Å². The molecule has 5 nitrogen and oxygen atoms in total. The number of ether oxygens (including phenoxy) is 1. The second kappa shape index (κ2) is 7.57. The van der Waals surface area contributed by atoms with E-state index in [9.17, 15) is 8.78 Å². The third kappa shape index (κ3) is 4.20. The Balaban J connectivity index is 1.80. The van der Waals surface area contributed by atoms with Crippen LogP contribution in [0.3, 0.4) is 0 Å². The summed E-state index contributed by atoms with van der Waals surface area (Å²) >= 11 is 0. The van der Waals surface area contributed by atoms with Crippen molar-refractivity contribution in [1.29, 1.82) is 0 Å². The summed E-state index contributed by atoms with van der Waals surface area (Å²) in [6.45, 7) is 2.44. The van der Waals surface area contributed by atoms with Crippen molar-refractivity contribution in [2.45, 2.75) is 6.92 Å². The van der Waals surface area contributed by atoms with Crippen LogP contribution >= 0.6 is 0 Å². The van der Waals surface area contributed by atoms with Gasteiger partial charge in [-0.1, -0.05) is 12.1 Å². The average Bonchev–Trinajstić information content (AvgIpc) is 2.60. The molecule has 0 unspecified atom stereocenters. The molecule has 0 bridgehead atoms. The molecular formula is C18H16F2N4O. The predicted molar refractivity (Wildman–Crippen MR) is 92.6 cm³/mol. The number of nitrogens with one attached hydrogen (secondary N) is 2. The van der Waals surface area contributed by atoms with Crippen LogP contribution in [0.2, 0.25) is 0 Å². The SMILES string of the molecule is CCOc1ccccc1Nc1ccnc(Nc2ccc(F)cc2F)n1. The quantitative estimate of drug-likeness (QED) is 0.683. The molecule has 0 aliphatic rings. The summed E-state index contributed by atoms with van der Waals surface area (Å²) in [5.74, 6) is 0.0230. The van der Waals surface area contributed by atoms with Gasteiger partial charge in [0.2, 0.25) is 5.95 Å². The van der Waals surface area contributed by atoms with Gasteiger partial charge in [0.25, 0.3) is 0 Å². The van der Waals surface area contributed by atoms with E-state index in [4.69, 9.17) is 4.74 Å². The third-order valence-corrected chi connectivity index (χ3v) is 3.28. The highest BCUT2D eigenvalue weighted by molar-refractivity contribution is 5.65. The van der Waals surface area contributed by atoms with Crippen LogP contribution in [-0.4, -0.2) is 16.6 Å². The molecule has 25 heavy (non-hydrogen) atoms. The first-order valence-electron chi connectivity index (χ1n) is 7.69. The van der Waals surface area contributed by atoms with E-state index in [1.807, 2.05) is 31.2 Å². The van der Waals surface area contributed by atoms with Gasteiger partial charge in [-0.25, -0.2) is 13.8 Å². The van der Waals surface area contributed by atoms with Gasteiger partial charge < -0.3 is 15.4 Å². The fourth-order valence-corrected chi connectivity index (χ4v) is 2.19. The van der Waals surface area contributed by atoms with Crippen molar-refractivity contribution in [2.75, 3.05) is 17.2 Å². The zero-order valence-electron chi connectivity index (χ0n) is 13.5. The monoisotopic (exact) mass is 342 g/mol. The molecule has 1 aromatic heterocycles. The van der Waals surface area contributed by atoms with E-state index in [0.717, 1.165) is 17.8 Å². The molecule has 0 aliphatic heterocycles. The molecule has 3 rings (SSSR count). The van der Waals surface area contributed by atoms with Crippen molar-refractivity contribution in [3.05, 3.63) is 66.4 Å². The zero-order valence-corrected chi connectivity index (χ0v) is 13.5. The molecule has 128 valence electrons. The Morgan fingerprint density at radius 3 is 2.64 bits per heavy atom. The highest BCUT2D eigenvalue weighted by Crippen LogP contribution is 2.27. The number of halogens is 2. The summed E-state index contributed by atoms with van der Waals surface area (Å²) in [7, 11) is 0. The Morgan fingerprint density at radius 1 is 1.00 bits per heavy atom. The minimum atomic E-state index is -0.719. The number of anilines is 4. The summed E-state index contributed by atoms with van der Waals surface area (Å²) in [5, 5.41) is 5.87. The maximum atomic E-state index is 13.7. The van der Waals surface area contributed by atoms with Crippen LogP contribution in [0, 0.1) is 11.6 Å². The van der Waals surface area contributed by atoms with Crippen LogP contribution < -0.4 is 15.4 Å². The summed E-state index contributed by atoms with van der Waals surface area (Å²) < 4.78 is 32.3. The van der Waals surface area contributed by atoms with Crippen molar-refractivity contribution in [1.82, 2.24) is 9.97 Å². The minimum Gasteiger partial charge on any atom is -0.492 e. The first kappa shape index (κ1) is 16.6. The third-order valence-electron chi connectivity index (χ3n) is 3.28. The zero-order chi connectivity index (χ0) is 17.6. The molecular weight excluding hydrogens is 326 g/mol. The molecule has 0 saturated carbocycles. The fraction of sp³-hybridized carbons (Fsp3) is 0.111. The lowest BCUT2D eigenvalue weighted by Crippen LogP contribution is -2.03. The van der Waals surface area contributed by atoms with Crippen LogP contribution in [0.15, 0.2) is 54.7 Å². The van der Waals surface area contributed by atoms with E-state index < -0.39 is 11.6 Å². The van der Waals surface area contributed by atoms with Crippen molar-refractivity contribution in [3.63, 3.8) is 0 Å². The molecule has 0 spiro atoms. The fourth-order valence-electron chi connectivity index (χ4n) is 2.19. The van der Waals surface area contributed by atoms with Gasteiger partial charge in [0, 0.05) is 12.3 Å². The van der Waals surface area contributed by atoms with Gasteiger partial charge in [-0.2, -0.15) is 4.98 Å². The summed E-state index contributed by atoms with van der Waals surface area (Å²) in [5.41, 5.74) is 0.843. The van der Waals surface area contributed by atoms with Crippen molar-refractivity contribution >= 4 is 23.1 Å². The van der Waals surface area contributed by atoms with Crippen molar-refractivity contribution in [2.24, 2.45) is 0 Å². The summed E-state index contributed by atoms with van der Waals surface area (Å²) in [6.07, 6.45) is 1.53. The topological polar surface area (TPSA) is 59.1 Å². The van der Waals surface area contributed by atoms with Crippen LogP contribution in [0.5, 0.6) is 5.75 Å². The largest absolute Gasteiger partial charge is 0.492 e. The normalized spacial score (nSPS) is 10.4. The van der Waals surface area contributed by atoms with Crippen LogP contribution in [0.4, 0.5) is 31.9 Å². The molecule has 3 aromatic rings. The lowest BCUT2D eigenvalue weighted by atomic mass is 10.3. The number of para-hydroxylation sites is 2. The first-order chi connectivity index (χ1) is 12.2. The second-order valence-electron chi connectivity index (χ2n) is 5.07. The van der Waals surface area contributed by atoms with E-state index in [1.54, 1.807) is 6.07 Å². The molecule has 0 atom stereocenters. The van der Waals surface area contributed by atoms with Gasteiger partial charge >= 0.3 is 0 Å². The van der Waals surface area contributed by atoms with E-state index in [-0.39, 0.29) is 11.6 Å². The van der Waals surface area contributed by atoms with Crippen molar-refractivity contribution in [3.8, 4) is 5.75 Å². The minimum absolute atomic E-state index is 0.0910. The summed E-state index contributed by atoms with van der Waals surface area (Å²) in [6, 6.07) is 12.4. The van der Waals surface area contributed by atoms with Crippen molar-refractivity contribution < 1.29 is 13.5 Å². The highest BCUT2D eigenvalue weighted by atomic mass is 19.1. The number of nitrogens with zero attached hydrogens (tertiary/aromatic N) is 2. The average molecular weight is 342 g/mol. The Bertz CT molecular complexity index is 873. The molecule has 7 heteroatoms. The van der Waals surface area contributed by atoms with Gasteiger partial charge in [-0.05, 0) is 37.3 Å². The lowest BCUT2D eigenvalue weighted by Gasteiger charge is -2.12. The van der Waals surface area contributed by atoms with Gasteiger partial charge in [0.1, 0.15) is 23.2 Å². The van der Waals surface area contributed by atoms with Crippen LogP contribution in [0.1, 0.15) is 6.92 Å². The van der Waals surface area contributed by atoms with Crippen LogP contribution in [0.25, 0.3) is 0 Å². The number of benzene rings is 2. The van der Waals surface area contributed by atoms with Gasteiger partial charge in [0.05, 0.1) is 18.0 Å². The molecule has 0 amide bonds. The lowest BCUT2D eigenvalue weighted by molar-refractivity contribution is 0.342.